The van der Waals surface area contributed by atoms with E-state index >= 15 is 0 Å². The fourth-order valence-electron chi connectivity index (χ4n) is 2.83. The number of hydrazine groups is 1. The number of allylic oxidation sites excluding steroid dienone is 2. The first kappa shape index (κ1) is 16.5. The van der Waals surface area contributed by atoms with Gasteiger partial charge in [-0.2, -0.15) is 13.2 Å². The van der Waals surface area contributed by atoms with E-state index < -0.39 is 17.8 Å². The van der Waals surface area contributed by atoms with Crippen molar-refractivity contribution in [1.29, 1.82) is 0 Å². The summed E-state index contributed by atoms with van der Waals surface area (Å²) in [6.45, 7) is 0.998. The van der Waals surface area contributed by atoms with Crippen LogP contribution in [0.5, 0.6) is 0 Å². The molecule has 9 heteroatoms. The molecule has 0 spiro atoms. The van der Waals surface area contributed by atoms with Crippen molar-refractivity contribution in [3.05, 3.63) is 47.7 Å². The Morgan fingerprint density at radius 2 is 1.92 bits per heavy atom. The zero-order valence-corrected chi connectivity index (χ0v) is 13.6. The molecule has 1 aliphatic heterocycles. The zero-order valence-electron chi connectivity index (χ0n) is 13.6. The first-order valence-corrected chi connectivity index (χ1v) is 8.11. The molecule has 26 heavy (non-hydrogen) atoms. The number of hydrogen-bond acceptors (Lipinski definition) is 4. The van der Waals surface area contributed by atoms with Gasteiger partial charge in [-0.25, -0.2) is 9.80 Å². The fraction of sp³-hybridized carbons (Fsp3) is 0.294. The highest BCUT2D eigenvalue weighted by molar-refractivity contribution is 5.90. The number of anilines is 2. The highest BCUT2D eigenvalue weighted by Crippen LogP contribution is 2.33. The lowest BCUT2D eigenvalue weighted by molar-refractivity contribution is -0.137. The maximum atomic E-state index is 12.7. The molecule has 0 atom stereocenters. The number of aromatic nitrogens is 1. The Labute approximate surface area is 146 Å². The van der Waals surface area contributed by atoms with Crippen LogP contribution in [-0.2, 0) is 6.18 Å². The van der Waals surface area contributed by atoms with Crippen molar-refractivity contribution >= 4 is 23.1 Å². The van der Waals surface area contributed by atoms with E-state index in [1.165, 1.54) is 17.1 Å². The van der Waals surface area contributed by atoms with Crippen molar-refractivity contribution in [2.75, 3.05) is 23.4 Å². The van der Waals surface area contributed by atoms with E-state index in [1.807, 2.05) is 6.08 Å². The summed E-state index contributed by atoms with van der Waals surface area (Å²) in [4.78, 5) is 12.5. The van der Waals surface area contributed by atoms with Crippen LogP contribution in [0, 0.1) is 0 Å². The second kappa shape index (κ2) is 6.08. The van der Waals surface area contributed by atoms with Gasteiger partial charge in [-0.3, -0.25) is 10.3 Å². The van der Waals surface area contributed by atoms with Crippen molar-refractivity contribution in [1.82, 2.24) is 10.2 Å². The van der Waals surface area contributed by atoms with E-state index in [0.717, 1.165) is 24.1 Å². The van der Waals surface area contributed by atoms with Crippen LogP contribution in [0.2, 0.25) is 0 Å². The molecule has 2 heterocycles. The van der Waals surface area contributed by atoms with Gasteiger partial charge in [0.2, 0.25) is 0 Å². The maximum absolute atomic E-state index is 12.7. The Hall–Kier alpha value is -2.97. The number of amides is 2. The molecule has 1 N–H and O–H groups in total. The van der Waals surface area contributed by atoms with E-state index in [4.69, 9.17) is 4.52 Å². The molecule has 1 fully saturated rings. The molecule has 0 radical (unpaired) electrons. The number of carbonyl (C=O) groups is 1. The molecule has 0 unspecified atom stereocenters. The van der Waals surface area contributed by atoms with Gasteiger partial charge >= 0.3 is 12.2 Å². The van der Waals surface area contributed by atoms with Gasteiger partial charge in [0.05, 0.1) is 11.3 Å². The van der Waals surface area contributed by atoms with Crippen molar-refractivity contribution in [2.45, 2.75) is 19.0 Å². The number of hydrogen-bond donors (Lipinski definition) is 1. The van der Waals surface area contributed by atoms with Gasteiger partial charge in [0, 0.05) is 19.2 Å². The van der Waals surface area contributed by atoms with E-state index in [-0.39, 0.29) is 0 Å². The van der Waals surface area contributed by atoms with E-state index in [0.29, 0.717) is 36.8 Å². The number of rotatable bonds is 3. The summed E-state index contributed by atoms with van der Waals surface area (Å²) in [5, 5.41) is 9.57. The monoisotopic (exact) mass is 364 g/mol. The number of carbonyl (C=O) groups excluding carboxylic acids is 1. The minimum absolute atomic E-state index is 0.303. The van der Waals surface area contributed by atoms with Crippen molar-refractivity contribution in [2.24, 2.45) is 0 Å². The topological polar surface area (TPSA) is 61.6 Å². The van der Waals surface area contributed by atoms with Gasteiger partial charge in [0.15, 0.2) is 11.6 Å². The molecule has 136 valence electrons. The van der Waals surface area contributed by atoms with Crippen LogP contribution >= 0.6 is 0 Å². The lowest BCUT2D eigenvalue weighted by Crippen LogP contribution is -2.43. The third-order valence-corrected chi connectivity index (χ3v) is 4.23. The molecule has 0 saturated carbocycles. The third kappa shape index (κ3) is 3.24. The smallest absolute Gasteiger partial charge is 0.354 e. The molecular formula is C17H15F3N4O2. The number of alkyl halides is 3. The van der Waals surface area contributed by atoms with Crippen LogP contribution in [0.4, 0.5) is 29.5 Å². The largest absolute Gasteiger partial charge is 0.416 e. The second-order valence-corrected chi connectivity index (χ2v) is 6.08. The Balaban J connectivity index is 1.46. The molecule has 2 amide bonds. The van der Waals surface area contributed by atoms with Crippen molar-refractivity contribution in [3.8, 4) is 0 Å². The summed E-state index contributed by atoms with van der Waals surface area (Å²) in [5.41, 5.74) is 0.848. The summed E-state index contributed by atoms with van der Waals surface area (Å²) >= 11 is 0. The van der Waals surface area contributed by atoms with E-state index in [9.17, 15) is 18.0 Å². The number of nitrogens with one attached hydrogen (secondary N) is 1. The molecule has 1 aromatic carbocycles. The molecular weight excluding hydrogens is 349 g/mol. The first-order chi connectivity index (χ1) is 12.4. The van der Waals surface area contributed by atoms with Gasteiger partial charge in [0.1, 0.15) is 0 Å². The summed E-state index contributed by atoms with van der Waals surface area (Å²) in [6, 6.07) is 5.99. The molecule has 1 saturated heterocycles. The molecule has 1 aliphatic carbocycles. The molecule has 1 aromatic heterocycles. The predicted octanol–water partition coefficient (Wildman–Crippen LogP) is 4.14. The van der Waals surface area contributed by atoms with Gasteiger partial charge in [-0.1, -0.05) is 11.2 Å². The van der Waals surface area contributed by atoms with Crippen molar-refractivity contribution < 1.29 is 22.5 Å². The molecule has 4 rings (SSSR count). The maximum Gasteiger partial charge on any atom is 0.416 e. The minimum Gasteiger partial charge on any atom is -0.354 e. The summed E-state index contributed by atoms with van der Waals surface area (Å²) in [5.74, 6) is 0.929. The average molecular weight is 364 g/mol. The lowest BCUT2D eigenvalue weighted by Gasteiger charge is -2.29. The SMILES string of the molecule is O=C(Nc1cc(C2=CC2)on1)N1CCCN1c1ccc(C(F)(F)F)cc1. The summed E-state index contributed by atoms with van der Waals surface area (Å²) in [7, 11) is 0. The van der Waals surface area contributed by atoms with Gasteiger partial charge < -0.3 is 4.52 Å². The van der Waals surface area contributed by atoms with Crippen molar-refractivity contribution in [3.63, 3.8) is 0 Å². The fourth-order valence-corrected chi connectivity index (χ4v) is 2.83. The standard InChI is InChI=1S/C17H15F3N4O2/c18-17(19,20)12-4-6-13(7-5-12)23-8-1-9-24(23)16(25)21-15-10-14(26-22-15)11-2-3-11/h2,4-7,10H,1,3,8-9H2,(H,21,22,25). The zero-order chi connectivity index (χ0) is 18.3. The average Bonchev–Trinajstić information content (AvgIpc) is 3.15. The Kier molecular flexibility index (Phi) is 3.86. The highest BCUT2D eigenvalue weighted by Gasteiger charge is 2.32. The molecule has 0 bridgehead atoms. The number of halogens is 3. The Morgan fingerprint density at radius 3 is 2.58 bits per heavy atom. The van der Waals surface area contributed by atoms with E-state index in [1.54, 1.807) is 11.1 Å². The Bertz CT molecular complexity index is 858. The normalized spacial score (nSPS) is 16.7. The first-order valence-electron chi connectivity index (χ1n) is 8.11. The quantitative estimate of drug-likeness (QED) is 0.889. The molecule has 2 aromatic rings. The number of benzene rings is 1. The summed E-state index contributed by atoms with van der Waals surface area (Å²) in [6.07, 6.45) is -0.830. The van der Waals surface area contributed by atoms with Gasteiger partial charge in [0.25, 0.3) is 0 Å². The Morgan fingerprint density at radius 1 is 1.19 bits per heavy atom. The van der Waals surface area contributed by atoms with Crippen LogP contribution in [0.1, 0.15) is 24.2 Å². The lowest BCUT2D eigenvalue weighted by atomic mass is 10.2. The minimum atomic E-state index is -4.39. The van der Waals surface area contributed by atoms with Gasteiger partial charge in [-0.15, -0.1) is 0 Å². The molecule has 6 nitrogen and oxygen atoms in total. The van der Waals surface area contributed by atoms with Crippen LogP contribution in [0.25, 0.3) is 5.57 Å². The molecule has 2 aliphatic rings. The van der Waals surface area contributed by atoms with Gasteiger partial charge in [-0.05, 0) is 42.7 Å². The number of urea groups is 1. The van der Waals surface area contributed by atoms with Crippen LogP contribution in [0.15, 0.2) is 40.9 Å². The second-order valence-electron chi connectivity index (χ2n) is 6.08. The van der Waals surface area contributed by atoms with Crippen LogP contribution < -0.4 is 10.3 Å². The third-order valence-electron chi connectivity index (χ3n) is 4.23. The highest BCUT2D eigenvalue weighted by atomic mass is 19.4. The van der Waals surface area contributed by atoms with Crippen LogP contribution in [0.3, 0.4) is 0 Å². The van der Waals surface area contributed by atoms with Crippen LogP contribution in [-0.4, -0.2) is 29.3 Å². The number of nitrogens with zero attached hydrogens (tertiary/aromatic N) is 3. The predicted molar refractivity (Wildman–Crippen MR) is 88.2 cm³/mol. The summed E-state index contributed by atoms with van der Waals surface area (Å²) < 4.78 is 43.2. The van der Waals surface area contributed by atoms with E-state index in [2.05, 4.69) is 10.5 Å².